The number of H-pyrrole nitrogens is 1. The minimum Gasteiger partial charge on any atom is -0.399 e. The molecule has 0 spiro atoms. The minimum atomic E-state index is -0.213. The first kappa shape index (κ1) is 20.9. The SMILES string of the molecule is Nc1cccc(-c2cc(C(=O)NCCCCCC(=O)Nc3ccccc3N)[nH]n2)c1. The van der Waals surface area contributed by atoms with Gasteiger partial charge in [-0.2, -0.15) is 5.10 Å². The summed E-state index contributed by atoms with van der Waals surface area (Å²) in [7, 11) is 0. The summed E-state index contributed by atoms with van der Waals surface area (Å²) in [5.41, 5.74) is 15.3. The van der Waals surface area contributed by atoms with Crippen LogP contribution in [0.25, 0.3) is 11.3 Å². The van der Waals surface area contributed by atoms with Gasteiger partial charge >= 0.3 is 0 Å². The van der Waals surface area contributed by atoms with E-state index in [9.17, 15) is 9.59 Å². The maximum Gasteiger partial charge on any atom is 0.269 e. The van der Waals surface area contributed by atoms with Gasteiger partial charge in [0.2, 0.25) is 5.91 Å². The van der Waals surface area contributed by atoms with Gasteiger partial charge in [0.25, 0.3) is 5.91 Å². The molecule has 0 saturated carbocycles. The van der Waals surface area contributed by atoms with Crippen LogP contribution in [0.5, 0.6) is 0 Å². The second kappa shape index (κ2) is 10.1. The number of aromatic amines is 1. The zero-order valence-electron chi connectivity index (χ0n) is 16.7. The van der Waals surface area contributed by atoms with Gasteiger partial charge in [-0.25, -0.2) is 0 Å². The largest absolute Gasteiger partial charge is 0.399 e. The Balaban J connectivity index is 1.34. The van der Waals surface area contributed by atoms with E-state index in [1.54, 1.807) is 30.3 Å². The van der Waals surface area contributed by atoms with E-state index in [-0.39, 0.29) is 11.8 Å². The van der Waals surface area contributed by atoms with Crippen molar-refractivity contribution in [2.45, 2.75) is 25.7 Å². The molecular formula is C22H26N6O2. The summed E-state index contributed by atoms with van der Waals surface area (Å²) in [6.07, 6.45) is 2.75. The summed E-state index contributed by atoms with van der Waals surface area (Å²) in [6.45, 7) is 0.527. The molecule has 3 aromatic rings. The Bertz CT molecular complexity index is 1010. The molecule has 0 radical (unpaired) electrons. The lowest BCUT2D eigenvalue weighted by Gasteiger charge is -2.08. The van der Waals surface area contributed by atoms with Crippen LogP contribution in [0, 0.1) is 0 Å². The van der Waals surface area contributed by atoms with Gasteiger partial charge in [-0.15, -0.1) is 0 Å². The third kappa shape index (κ3) is 5.84. The Morgan fingerprint density at radius 3 is 2.60 bits per heavy atom. The highest BCUT2D eigenvalue weighted by Crippen LogP contribution is 2.20. The van der Waals surface area contributed by atoms with Gasteiger partial charge in [0, 0.05) is 24.2 Å². The molecule has 2 amide bonds. The number of hydrogen-bond acceptors (Lipinski definition) is 5. The molecule has 2 aromatic carbocycles. The highest BCUT2D eigenvalue weighted by Gasteiger charge is 2.11. The number of anilines is 3. The fourth-order valence-electron chi connectivity index (χ4n) is 2.99. The molecule has 3 rings (SSSR count). The predicted molar refractivity (Wildman–Crippen MR) is 119 cm³/mol. The van der Waals surface area contributed by atoms with Crippen molar-refractivity contribution in [3.05, 3.63) is 60.3 Å². The molecule has 0 saturated heterocycles. The molecule has 156 valence electrons. The van der Waals surface area contributed by atoms with Crippen LogP contribution < -0.4 is 22.1 Å². The van der Waals surface area contributed by atoms with Gasteiger partial charge in [0.05, 0.1) is 17.1 Å². The van der Waals surface area contributed by atoms with Gasteiger partial charge in [0.1, 0.15) is 5.69 Å². The van der Waals surface area contributed by atoms with Crippen molar-refractivity contribution in [2.24, 2.45) is 0 Å². The number of nitrogens with two attached hydrogens (primary N) is 2. The summed E-state index contributed by atoms with van der Waals surface area (Å²) in [5.74, 6) is -0.279. The number of hydrogen-bond donors (Lipinski definition) is 5. The molecule has 0 bridgehead atoms. The number of unbranched alkanes of at least 4 members (excludes halogenated alkanes) is 2. The molecule has 0 aliphatic carbocycles. The lowest BCUT2D eigenvalue weighted by Crippen LogP contribution is -2.24. The molecule has 0 aliphatic heterocycles. The summed E-state index contributed by atoms with van der Waals surface area (Å²) >= 11 is 0. The van der Waals surface area contributed by atoms with Crippen molar-refractivity contribution in [3.8, 4) is 11.3 Å². The van der Waals surface area contributed by atoms with Gasteiger partial charge < -0.3 is 22.1 Å². The molecule has 1 aromatic heterocycles. The van der Waals surface area contributed by atoms with Gasteiger partial charge in [-0.1, -0.05) is 30.7 Å². The van der Waals surface area contributed by atoms with E-state index < -0.39 is 0 Å². The van der Waals surface area contributed by atoms with Crippen molar-refractivity contribution >= 4 is 28.9 Å². The minimum absolute atomic E-state index is 0.0662. The van der Waals surface area contributed by atoms with Crippen LogP contribution in [0.3, 0.4) is 0 Å². The summed E-state index contributed by atoms with van der Waals surface area (Å²) in [4.78, 5) is 24.2. The molecule has 30 heavy (non-hydrogen) atoms. The topological polar surface area (TPSA) is 139 Å². The first-order valence-electron chi connectivity index (χ1n) is 9.87. The van der Waals surface area contributed by atoms with Crippen molar-refractivity contribution in [1.29, 1.82) is 0 Å². The number of rotatable bonds is 9. The number of aromatic nitrogens is 2. The molecular weight excluding hydrogens is 380 g/mol. The zero-order valence-corrected chi connectivity index (χ0v) is 16.7. The predicted octanol–water partition coefficient (Wildman–Crippen LogP) is 3.17. The maximum absolute atomic E-state index is 12.2. The van der Waals surface area contributed by atoms with E-state index in [4.69, 9.17) is 11.5 Å². The van der Waals surface area contributed by atoms with E-state index in [1.165, 1.54) is 0 Å². The van der Waals surface area contributed by atoms with E-state index in [1.807, 2.05) is 24.3 Å². The van der Waals surface area contributed by atoms with E-state index in [2.05, 4.69) is 20.8 Å². The number of amides is 2. The molecule has 0 atom stereocenters. The van der Waals surface area contributed by atoms with Crippen molar-refractivity contribution < 1.29 is 9.59 Å². The fraction of sp³-hybridized carbons (Fsp3) is 0.227. The third-order valence-corrected chi connectivity index (χ3v) is 4.61. The molecule has 0 aliphatic rings. The van der Waals surface area contributed by atoms with E-state index >= 15 is 0 Å². The first-order chi connectivity index (χ1) is 14.5. The highest BCUT2D eigenvalue weighted by molar-refractivity contribution is 5.94. The van der Waals surface area contributed by atoms with Gasteiger partial charge in [-0.3, -0.25) is 14.7 Å². The van der Waals surface area contributed by atoms with Crippen LogP contribution >= 0.6 is 0 Å². The van der Waals surface area contributed by atoms with Crippen LogP contribution in [0.2, 0.25) is 0 Å². The number of nitrogens with one attached hydrogen (secondary N) is 3. The Labute approximate surface area is 175 Å². The molecule has 1 heterocycles. The van der Waals surface area contributed by atoms with Crippen LogP contribution in [0.1, 0.15) is 36.2 Å². The monoisotopic (exact) mass is 406 g/mol. The molecule has 8 heteroatoms. The Morgan fingerprint density at radius 2 is 1.80 bits per heavy atom. The van der Waals surface area contributed by atoms with Crippen LogP contribution in [0.4, 0.5) is 17.1 Å². The number of benzene rings is 2. The second-order valence-corrected chi connectivity index (χ2v) is 6.99. The summed E-state index contributed by atoms with van der Waals surface area (Å²) < 4.78 is 0. The maximum atomic E-state index is 12.2. The Kier molecular flexibility index (Phi) is 7.05. The van der Waals surface area contributed by atoms with Crippen LogP contribution in [-0.2, 0) is 4.79 Å². The number of nitrogens with zero attached hydrogens (tertiary/aromatic N) is 1. The van der Waals surface area contributed by atoms with Crippen LogP contribution in [-0.4, -0.2) is 28.6 Å². The molecule has 0 fully saturated rings. The highest BCUT2D eigenvalue weighted by atomic mass is 16.2. The van der Waals surface area contributed by atoms with Gasteiger partial charge in [-0.05, 0) is 43.2 Å². The standard InChI is InChI=1S/C22H26N6O2/c23-16-8-6-7-15(13-16)19-14-20(28-27-19)22(30)25-12-5-1-2-11-21(29)26-18-10-4-3-9-17(18)24/h3-4,6-10,13-14H,1-2,5,11-12,23-24H2,(H,25,30)(H,26,29)(H,27,28). The van der Waals surface area contributed by atoms with Crippen molar-refractivity contribution in [1.82, 2.24) is 15.5 Å². The summed E-state index contributed by atoms with van der Waals surface area (Å²) in [6, 6.07) is 16.2. The average Bonchev–Trinajstić information content (AvgIpc) is 3.23. The van der Waals surface area contributed by atoms with E-state index in [0.29, 0.717) is 41.4 Å². The van der Waals surface area contributed by atoms with Crippen LogP contribution in [0.15, 0.2) is 54.6 Å². The first-order valence-corrected chi connectivity index (χ1v) is 9.87. The summed E-state index contributed by atoms with van der Waals surface area (Å²) in [5, 5.41) is 12.6. The van der Waals surface area contributed by atoms with Crippen molar-refractivity contribution in [2.75, 3.05) is 23.3 Å². The molecule has 0 unspecified atom stereocenters. The lowest BCUT2D eigenvalue weighted by atomic mass is 10.1. The Hall–Kier alpha value is -3.81. The quantitative estimate of drug-likeness (QED) is 0.274. The normalized spacial score (nSPS) is 10.5. The fourth-order valence-corrected chi connectivity index (χ4v) is 2.99. The molecule has 7 N–H and O–H groups in total. The average molecular weight is 406 g/mol. The number of carbonyl (C=O) groups is 2. The second-order valence-electron chi connectivity index (χ2n) is 6.99. The third-order valence-electron chi connectivity index (χ3n) is 4.61. The smallest absolute Gasteiger partial charge is 0.269 e. The zero-order chi connectivity index (χ0) is 21.3. The number of carbonyl (C=O) groups excluding carboxylic acids is 2. The molecule has 8 nitrogen and oxygen atoms in total. The number of nitrogen functional groups attached to an aromatic ring is 2. The Morgan fingerprint density at radius 1 is 0.967 bits per heavy atom. The number of para-hydroxylation sites is 2. The van der Waals surface area contributed by atoms with E-state index in [0.717, 1.165) is 24.8 Å². The van der Waals surface area contributed by atoms with Gasteiger partial charge in [0.15, 0.2) is 0 Å². The lowest BCUT2D eigenvalue weighted by molar-refractivity contribution is -0.116. The van der Waals surface area contributed by atoms with Crippen molar-refractivity contribution in [3.63, 3.8) is 0 Å².